The van der Waals surface area contributed by atoms with Crippen LogP contribution in [0.1, 0.15) is 50.0 Å². The molecule has 6 nitrogen and oxygen atoms in total. The van der Waals surface area contributed by atoms with Gasteiger partial charge in [-0.15, -0.1) is 0 Å². The molecule has 1 aromatic carbocycles. The summed E-state index contributed by atoms with van der Waals surface area (Å²) in [6, 6.07) is 7.62. The van der Waals surface area contributed by atoms with Crippen molar-refractivity contribution in [2.24, 2.45) is 0 Å². The maximum atomic E-state index is 13.2. The molecular weight excluding hydrogens is 483 g/mol. The second-order valence-electron chi connectivity index (χ2n) is 6.93. The average molecular weight is 514 g/mol. The van der Waals surface area contributed by atoms with Crippen LogP contribution in [0.4, 0.5) is 0 Å². The van der Waals surface area contributed by atoms with E-state index in [0.29, 0.717) is 30.4 Å². The summed E-state index contributed by atoms with van der Waals surface area (Å²) in [5.41, 5.74) is 1.33. The third kappa shape index (κ3) is 5.58. The quantitative estimate of drug-likeness (QED) is 0.308. The highest BCUT2D eigenvalue weighted by Crippen LogP contribution is 2.42. The van der Waals surface area contributed by atoms with Crippen LogP contribution in [-0.4, -0.2) is 49.8 Å². The normalized spacial score (nSPS) is 10.7. The second kappa shape index (κ2) is 11.3. The molecular formula is C22H31IN2O4. The van der Waals surface area contributed by atoms with E-state index >= 15 is 0 Å². The van der Waals surface area contributed by atoms with Gasteiger partial charge in [-0.25, -0.2) is 0 Å². The van der Waals surface area contributed by atoms with E-state index in [1.165, 1.54) is 0 Å². The van der Waals surface area contributed by atoms with Crippen LogP contribution in [0, 0.1) is 3.70 Å². The first kappa shape index (κ1) is 23.4. The van der Waals surface area contributed by atoms with Crippen molar-refractivity contribution in [2.75, 3.05) is 34.4 Å². The molecule has 0 aliphatic rings. The van der Waals surface area contributed by atoms with Gasteiger partial charge in [-0.3, -0.25) is 9.36 Å². The fraction of sp³-hybridized carbons (Fsp3) is 0.500. The number of rotatable bonds is 11. The van der Waals surface area contributed by atoms with Gasteiger partial charge in [-0.2, -0.15) is 0 Å². The summed E-state index contributed by atoms with van der Waals surface area (Å²) in [4.78, 5) is 14.7. The fourth-order valence-corrected chi connectivity index (χ4v) is 3.70. The van der Waals surface area contributed by atoms with Crippen molar-refractivity contribution in [3.8, 4) is 22.9 Å². The Balaban J connectivity index is 2.63. The van der Waals surface area contributed by atoms with Crippen molar-refractivity contribution in [3.05, 3.63) is 33.7 Å². The number of hydrogen-bond acceptors (Lipinski definition) is 4. The van der Waals surface area contributed by atoms with Crippen molar-refractivity contribution in [1.82, 2.24) is 9.47 Å². The molecule has 160 valence electrons. The minimum absolute atomic E-state index is 0.129. The van der Waals surface area contributed by atoms with E-state index in [1.54, 1.807) is 26.1 Å². The van der Waals surface area contributed by atoms with Crippen LogP contribution < -0.4 is 14.2 Å². The third-order valence-electron chi connectivity index (χ3n) is 4.46. The number of aromatic nitrogens is 1. The lowest BCUT2D eigenvalue weighted by Crippen LogP contribution is -2.25. The first-order valence-corrected chi connectivity index (χ1v) is 11.1. The molecule has 0 unspecified atom stereocenters. The van der Waals surface area contributed by atoms with E-state index in [1.807, 2.05) is 28.8 Å². The molecule has 0 N–H and O–H groups in total. The van der Waals surface area contributed by atoms with Gasteiger partial charge in [0.2, 0.25) is 0 Å². The number of carbonyl (C=O) groups is 1. The van der Waals surface area contributed by atoms with Crippen molar-refractivity contribution in [3.63, 3.8) is 0 Å². The summed E-state index contributed by atoms with van der Waals surface area (Å²) in [7, 11) is 5.12. The lowest BCUT2D eigenvalue weighted by atomic mass is 10.2. The number of methoxy groups -OCH3 is 1. The summed E-state index contributed by atoms with van der Waals surface area (Å²) >= 11 is 2.23. The molecule has 0 saturated carbocycles. The van der Waals surface area contributed by atoms with Gasteiger partial charge in [0, 0.05) is 19.8 Å². The van der Waals surface area contributed by atoms with Gasteiger partial charge in [0.05, 0.1) is 20.3 Å². The molecule has 0 bridgehead atoms. The summed E-state index contributed by atoms with van der Waals surface area (Å²) in [5, 5.41) is 0. The Hall–Kier alpha value is -1.90. The molecule has 29 heavy (non-hydrogen) atoms. The lowest BCUT2D eigenvalue weighted by Gasteiger charge is -2.16. The molecule has 7 heteroatoms. The van der Waals surface area contributed by atoms with Crippen LogP contribution in [0.2, 0.25) is 0 Å². The van der Waals surface area contributed by atoms with E-state index in [-0.39, 0.29) is 5.91 Å². The van der Waals surface area contributed by atoms with Crippen molar-refractivity contribution in [2.45, 2.75) is 39.5 Å². The van der Waals surface area contributed by atoms with E-state index in [9.17, 15) is 4.79 Å². The van der Waals surface area contributed by atoms with Crippen molar-refractivity contribution >= 4 is 28.5 Å². The molecule has 1 amide bonds. The predicted molar refractivity (Wildman–Crippen MR) is 124 cm³/mol. The summed E-state index contributed by atoms with van der Waals surface area (Å²) < 4.78 is 20.2. The monoisotopic (exact) mass is 514 g/mol. The summed E-state index contributed by atoms with van der Waals surface area (Å²) in [6.45, 7) is 5.35. The molecule has 1 heterocycles. The van der Waals surface area contributed by atoms with Crippen LogP contribution >= 0.6 is 22.6 Å². The number of nitrogens with zero attached hydrogens (tertiary/aromatic N) is 2. The molecule has 0 aliphatic heterocycles. The lowest BCUT2D eigenvalue weighted by molar-refractivity contribution is 0.0814. The number of halogens is 1. The van der Waals surface area contributed by atoms with E-state index in [4.69, 9.17) is 14.2 Å². The maximum Gasteiger partial charge on any atom is 0.274 e. The Morgan fingerprint density at radius 2 is 1.55 bits per heavy atom. The molecule has 1 aromatic heterocycles. The minimum atomic E-state index is -0.129. The van der Waals surface area contributed by atoms with Gasteiger partial charge in [-0.05, 0) is 59.7 Å². The summed E-state index contributed by atoms with van der Waals surface area (Å²) in [6.07, 6.45) is 3.90. The molecule has 0 aliphatic carbocycles. The van der Waals surface area contributed by atoms with Gasteiger partial charge in [0.1, 0.15) is 9.45 Å². The number of benzene rings is 1. The van der Waals surface area contributed by atoms with Gasteiger partial charge in [0.15, 0.2) is 17.2 Å². The largest absolute Gasteiger partial charge is 0.497 e. The van der Waals surface area contributed by atoms with Crippen LogP contribution in [0.15, 0.2) is 24.3 Å². The van der Waals surface area contributed by atoms with Gasteiger partial charge in [-0.1, -0.05) is 26.7 Å². The molecule has 0 fully saturated rings. The van der Waals surface area contributed by atoms with Crippen LogP contribution in [0.5, 0.6) is 17.2 Å². The van der Waals surface area contributed by atoms with Crippen LogP contribution in [0.3, 0.4) is 0 Å². The Morgan fingerprint density at radius 3 is 2.03 bits per heavy atom. The van der Waals surface area contributed by atoms with Crippen LogP contribution in [-0.2, 0) is 0 Å². The Bertz CT molecular complexity index is 800. The highest BCUT2D eigenvalue weighted by atomic mass is 127. The minimum Gasteiger partial charge on any atom is -0.497 e. The van der Waals surface area contributed by atoms with Crippen molar-refractivity contribution < 1.29 is 19.0 Å². The van der Waals surface area contributed by atoms with Gasteiger partial charge in [0.25, 0.3) is 5.91 Å². The van der Waals surface area contributed by atoms with E-state index in [2.05, 4.69) is 36.4 Å². The van der Waals surface area contributed by atoms with Gasteiger partial charge < -0.3 is 19.1 Å². The number of unbranched alkanes of at least 4 members (excludes halogenated alkanes) is 2. The predicted octanol–water partition coefficient (Wildman–Crippen LogP) is 5.15. The van der Waals surface area contributed by atoms with E-state index in [0.717, 1.165) is 40.8 Å². The molecule has 0 atom stereocenters. The molecule has 0 radical (unpaired) electrons. The zero-order valence-electron chi connectivity index (χ0n) is 18.0. The van der Waals surface area contributed by atoms with Crippen LogP contribution in [0.25, 0.3) is 5.69 Å². The number of hydrogen-bond donors (Lipinski definition) is 0. The summed E-state index contributed by atoms with van der Waals surface area (Å²) in [5.74, 6) is 1.79. The second-order valence-corrected chi connectivity index (χ2v) is 7.96. The number of amides is 1. The zero-order chi connectivity index (χ0) is 21.4. The van der Waals surface area contributed by atoms with Crippen molar-refractivity contribution in [1.29, 1.82) is 0 Å². The highest BCUT2D eigenvalue weighted by molar-refractivity contribution is 14.1. The maximum absolute atomic E-state index is 13.2. The Morgan fingerprint density at radius 1 is 1.00 bits per heavy atom. The molecule has 2 rings (SSSR count). The van der Waals surface area contributed by atoms with Gasteiger partial charge >= 0.3 is 0 Å². The first-order valence-electron chi connectivity index (χ1n) is 10.0. The smallest absolute Gasteiger partial charge is 0.274 e. The number of ether oxygens (including phenoxy) is 3. The Kier molecular flexibility index (Phi) is 9.13. The average Bonchev–Trinajstić information content (AvgIpc) is 2.99. The van der Waals surface area contributed by atoms with E-state index < -0.39 is 0 Å². The Labute approximate surface area is 187 Å². The zero-order valence-corrected chi connectivity index (χ0v) is 20.1. The SMILES string of the molecule is CCCCOc1c(OCCCC)c(C(=O)N(C)C)n(-c2ccc(OC)cc2)c1I. The first-order chi connectivity index (χ1) is 14.0. The molecule has 0 saturated heterocycles. The highest BCUT2D eigenvalue weighted by Gasteiger charge is 2.30. The fourth-order valence-electron chi connectivity index (χ4n) is 2.78. The third-order valence-corrected chi connectivity index (χ3v) is 5.43. The number of carbonyl (C=O) groups excluding carboxylic acids is 1. The standard InChI is InChI=1S/C22H31IN2O4/c1-6-8-14-28-19-18(22(26)24(3)4)25(16-10-12-17(27-5)13-11-16)21(23)20(19)29-15-9-7-2/h10-13H,6-9,14-15H2,1-5H3. The molecule has 2 aromatic rings. The topological polar surface area (TPSA) is 52.9 Å². The molecule has 0 spiro atoms.